The van der Waals surface area contributed by atoms with Crippen molar-refractivity contribution in [2.24, 2.45) is 0 Å². The van der Waals surface area contributed by atoms with Gasteiger partial charge in [0.15, 0.2) is 0 Å². The van der Waals surface area contributed by atoms with Gasteiger partial charge in [-0.3, -0.25) is 4.79 Å². The molecule has 0 radical (unpaired) electrons. The molecule has 1 fully saturated rings. The topological polar surface area (TPSA) is 67.3 Å². The summed E-state index contributed by atoms with van der Waals surface area (Å²) in [5.74, 6) is -0.348. The SMILES string of the molecule is O=C1CCCN1S(=O)(=O)c1ccc2nc(Cl)ccc2c1. The molecule has 104 valence electrons. The van der Waals surface area contributed by atoms with Crippen LogP contribution < -0.4 is 0 Å². The summed E-state index contributed by atoms with van der Waals surface area (Å²) in [6.45, 7) is 0.248. The van der Waals surface area contributed by atoms with E-state index in [0.29, 0.717) is 22.5 Å². The molecule has 0 spiro atoms. The highest BCUT2D eigenvalue weighted by molar-refractivity contribution is 7.89. The number of nitrogens with zero attached hydrogens (tertiary/aromatic N) is 2. The minimum absolute atomic E-state index is 0.101. The van der Waals surface area contributed by atoms with Crippen LogP contribution >= 0.6 is 11.6 Å². The van der Waals surface area contributed by atoms with Crippen molar-refractivity contribution in [1.29, 1.82) is 0 Å². The fraction of sp³-hybridized carbons (Fsp3) is 0.231. The Hall–Kier alpha value is -1.66. The second kappa shape index (κ2) is 4.71. The number of rotatable bonds is 2. The number of fused-ring (bicyclic) bond motifs is 1. The molecular formula is C13H11ClN2O3S. The lowest BCUT2D eigenvalue weighted by Gasteiger charge is -2.16. The van der Waals surface area contributed by atoms with Crippen LogP contribution in [0.15, 0.2) is 35.2 Å². The molecule has 2 heterocycles. The van der Waals surface area contributed by atoms with Gasteiger partial charge in [0.25, 0.3) is 10.0 Å². The molecule has 0 N–H and O–H groups in total. The van der Waals surface area contributed by atoms with Crippen molar-refractivity contribution in [3.05, 3.63) is 35.5 Å². The van der Waals surface area contributed by atoms with Gasteiger partial charge in [0.05, 0.1) is 10.4 Å². The maximum absolute atomic E-state index is 12.4. The van der Waals surface area contributed by atoms with Gasteiger partial charge in [0.2, 0.25) is 5.91 Å². The lowest BCUT2D eigenvalue weighted by Crippen LogP contribution is -2.31. The first-order valence-corrected chi connectivity index (χ1v) is 7.92. The van der Waals surface area contributed by atoms with Gasteiger partial charge in [-0.2, -0.15) is 0 Å². The summed E-state index contributed by atoms with van der Waals surface area (Å²) in [6, 6.07) is 7.86. The van der Waals surface area contributed by atoms with Gasteiger partial charge in [-0.25, -0.2) is 17.7 Å². The summed E-state index contributed by atoms with van der Waals surface area (Å²) < 4.78 is 25.8. The predicted octanol–water partition coefficient (Wildman–Crippen LogP) is 2.20. The van der Waals surface area contributed by atoms with Crippen LogP contribution in [0.3, 0.4) is 0 Å². The van der Waals surface area contributed by atoms with E-state index in [1.54, 1.807) is 18.2 Å². The lowest BCUT2D eigenvalue weighted by atomic mass is 10.2. The van der Waals surface area contributed by atoms with Crippen molar-refractivity contribution >= 4 is 38.4 Å². The van der Waals surface area contributed by atoms with Gasteiger partial charge in [0.1, 0.15) is 5.15 Å². The summed E-state index contributed by atoms with van der Waals surface area (Å²) >= 11 is 5.79. The molecule has 0 saturated carbocycles. The van der Waals surface area contributed by atoms with Crippen LogP contribution in [0.1, 0.15) is 12.8 Å². The Labute approximate surface area is 121 Å². The third kappa shape index (κ3) is 2.14. The minimum Gasteiger partial charge on any atom is -0.274 e. The number of halogens is 1. The van der Waals surface area contributed by atoms with Gasteiger partial charge >= 0.3 is 0 Å². The first-order chi connectivity index (χ1) is 9.48. The molecule has 1 aliphatic heterocycles. The molecule has 0 atom stereocenters. The Morgan fingerprint density at radius 1 is 1.20 bits per heavy atom. The van der Waals surface area contributed by atoms with Crippen LogP contribution in [0, 0.1) is 0 Å². The van der Waals surface area contributed by atoms with Crippen molar-refractivity contribution in [1.82, 2.24) is 9.29 Å². The fourth-order valence-electron chi connectivity index (χ4n) is 2.24. The molecule has 20 heavy (non-hydrogen) atoms. The average Bonchev–Trinajstić information content (AvgIpc) is 2.85. The van der Waals surface area contributed by atoms with E-state index < -0.39 is 10.0 Å². The number of amides is 1. The van der Waals surface area contributed by atoms with E-state index in [2.05, 4.69) is 4.98 Å². The van der Waals surface area contributed by atoms with Crippen molar-refractivity contribution in [3.8, 4) is 0 Å². The average molecular weight is 311 g/mol. The zero-order valence-electron chi connectivity index (χ0n) is 10.4. The fourth-order valence-corrected chi connectivity index (χ4v) is 3.90. The Morgan fingerprint density at radius 2 is 2.00 bits per heavy atom. The molecule has 1 amide bonds. The summed E-state index contributed by atoms with van der Waals surface area (Å²) in [5.41, 5.74) is 0.615. The normalized spacial score (nSPS) is 16.1. The molecule has 3 rings (SSSR count). The van der Waals surface area contributed by atoms with E-state index in [-0.39, 0.29) is 23.8 Å². The number of hydrogen-bond donors (Lipinski definition) is 0. The van der Waals surface area contributed by atoms with E-state index in [1.165, 1.54) is 12.1 Å². The quantitative estimate of drug-likeness (QED) is 0.798. The molecule has 1 aromatic carbocycles. The smallest absolute Gasteiger partial charge is 0.266 e. The number of carbonyl (C=O) groups is 1. The highest BCUT2D eigenvalue weighted by Gasteiger charge is 2.32. The first-order valence-electron chi connectivity index (χ1n) is 6.10. The van der Waals surface area contributed by atoms with E-state index >= 15 is 0 Å². The second-order valence-corrected chi connectivity index (χ2v) is 6.81. The third-order valence-electron chi connectivity index (χ3n) is 3.24. The second-order valence-electron chi connectivity index (χ2n) is 4.56. The Balaban J connectivity index is 2.10. The number of pyridine rings is 1. The van der Waals surface area contributed by atoms with Crippen LogP contribution in [0.4, 0.5) is 0 Å². The minimum atomic E-state index is -3.77. The summed E-state index contributed by atoms with van der Waals surface area (Å²) in [4.78, 5) is 15.8. The molecule has 0 unspecified atom stereocenters. The zero-order chi connectivity index (χ0) is 14.3. The van der Waals surface area contributed by atoms with Crippen molar-refractivity contribution < 1.29 is 13.2 Å². The van der Waals surface area contributed by atoms with Crippen LogP contribution in [-0.2, 0) is 14.8 Å². The number of hydrogen-bond acceptors (Lipinski definition) is 4. The van der Waals surface area contributed by atoms with Crippen LogP contribution in [0.25, 0.3) is 10.9 Å². The molecule has 1 saturated heterocycles. The van der Waals surface area contributed by atoms with E-state index in [1.807, 2.05) is 0 Å². The highest BCUT2D eigenvalue weighted by atomic mass is 35.5. The van der Waals surface area contributed by atoms with Gasteiger partial charge in [0, 0.05) is 18.4 Å². The largest absolute Gasteiger partial charge is 0.274 e. The van der Waals surface area contributed by atoms with Crippen LogP contribution in [0.5, 0.6) is 0 Å². The van der Waals surface area contributed by atoms with Crippen LogP contribution in [0.2, 0.25) is 5.15 Å². The number of benzene rings is 1. The molecule has 1 aromatic heterocycles. The van der Waals surface area contributed by atoms with Gasteiger partial charge in [-0.15, -0.1) is 0 Å². The lowest BCUT2D eigenvalue weighted by molar-refractivity contribution is -0.123. The van der Waals surface area contributed by atoms with Crippen LogP contribution in [-0.4, -0.2) is 30.2 Å². The van der Waals surface area contributed by atoms with Gasteiger partial charge in [-0.05, 0) is 36.8 Å². The molecule has 0 aliphatic carbocycles. The van der Waals surface area contributed by atoms with Crippen molar-refractivity contribution in [2.75, 3.05) is 6.54 Å². The number of aromatic nitrogens is 1. The van der Waals surface area contributed by atoms with Gasteiger partial charge in [-0.1, -0.05) is 11.6 Å². The Bertz CT molecular complexity index is 804. The van der Waals surface area contributed by atoms with Crippen molar-refractivity contribution in [3.63, 3.8) is 0 Å². The van der Waals surface area contributed by atoms with E-state index in [4.69, 9.17) is 11.6 Å². The maximum Gasteiger partial charge on any atom is 0.266 e. The molecular weight excluding hydrogens is 300 g/mol. The van der Waals surface area contributed by atoms with Gasteiger partial charge < -0.3 is 0 Å². The summed E-state index contributed by atoms with van der Waals surface area (Å²) in [7, 11) is -3.77. The molecule has 5 nitrogen and oxygen atoms in total. The highest BCUT2D eigenvalue weighted by Crippen LogP contribution is 2.25. The molecule has 1 aliphatic rings. The number of sulfonamides is 1. The van der Waals surface area contributed by atoms with Crippen molar-refractivity contribution in [2.45, 2.75) is 17.7 Å². The Morgan fingerprint density at radius 3 is 2.70 bits per heavy atom. The maximum atomic E-state index is 12.4. The molecule has 7 heteroatoms. The predicted molar refractivity (Wildman–Crippen MR) is 74.9 cm³/mol. The molecule has 2 aromatic rings. The third-order valence-corrected chi connectivity index (χ3v) is 5.27. The van der Waals surface area contributed by atoms with E-state index in [9.17, 15) is 13.2 Å². The Kier molecular flexibility index (Phi) is 3.14. The standard InChI is InChI=1S/C13H11ClN2O3S/c14-12-6-3-9-8-10(4-5-11(9)15-12)20(18,19)16-7-1-2-13(16)17/h3-6,8H,1-2,7H2. The van der Waals surface area contributed by atoms with E-state index in [0.717, 1.165) is 4.31 Å². The molecule has 0 bridgehead atoms. The zero-order valence-corrected chi connectivity index (χ0v) is 12.0. The monoisotopic (exact) mass is 310 g/mol. The summed E-state index contributed by atoms with van der Waals surface area (Å²) in [6.07, 6.45) is 0.854. The first kappa shape index (κ1) is 13.3. The number of carbonyl (C=O) groups excluding carboxylic acids is 1. The summed E-state index contributed by atoms with van der Waals surface area (Å²) in [5, 5.41) is 1.02.